The molecule has 4 aromatic rings. The molecule has 0 radical (unpaired) electrons. The lowest BCUT2D eigenvalue weighted by Gasteiger charge is -2.14. The van der Waals surface area contributed by atoms with E-state index in [9.17, 15) is 0 Å². The van der Waals surface area contributed by atoms with Crippen molar-refractivity contribution in [1.82, 2.24) is 0 Å². The molecule has 6 N–H and O–H groups in total. The number of benzene rings is 4. The zero-order valence-corrected chi connectivity index (χ0v) is 14.3. The molecule has 0 atom stereocenters. The molecule has 0 saturated carbocycles. The Labute approximate surface area is 152 Å². The molecular formula is C23H19N3. The Hall–Kier alpha value is -3.30. The van der Waals surface area contributed by atoms with Gasteiger partial charge < -0.3 is 17.2 Å². The highest BCUT2D eigenvalue weighted by atomic mass is 14.6. The van der Waals surface area contributed by atoms with Crippen molar-refractivity contribution in [3.8, 4) is 33.4 Å². The van der Waals surface area contributed by atoms with E-state index in [0.717, 1.165) is 33.5 Å². The van der Waals surface area contributed by atoms with Gasteiger partial charge in [-0.3, -0.25) is 0 Å². The number of hydrogen-bond donors (Lipinski definition) is 3. The third kappa shape index (κ3) is 1.98. The molecule has 0 saturated heterocycles. The van der Waals surface area contributed by atoms with Crippen molar-refractivity contribution >= 4 is 22.1 Å². The Kier molecular flexibility index (Phi) is 3.08. The zero-order chi connectivity index (χ0) is 17.8. The number of nitrogen functional groups attached to an aromatic ring is 2. The molecule has 0 aliphatic heterocycles. The SMILES string of the molecule is NCc1cccc(-c2cc(N)c3cccc4c3c2-c2cc(N)ccc2-4)c1. The molecular weight excluding hydrogens is 318 g/mol. The van der Waals surface area contributed by atoms with Crippen LogP contribution in [0.3, 0.4) is 0 Å². The van der Waals surface area contributed by atoms with E-state index in [2.05, 4.69) is 48.5 Å². The van der Waals surface area contributed by atoms with E-state index >= 15 is 0 Å². The summed E-state index contributed by atoms with van der Waals surface area (Å²) in [4.78, 5) is 0. The van der Waals surface area contributed by atoms with Gasteiger partial charge in [-0.15, -0.1) is 0 Å². The smallest absolute Gasteiger partial charge is 0.0400 e. The van der Waals surface area contributed by atoms with Crippen molar-refractivity contribution in [2.75, 3.05) is 11.5 Å². The molecule has 3 heteroatoms. The number of nitrogens with two attached hydrogens (primary N) is 3. The molecule has 0 spiro atoms. The van der Waals surface area contributed by atoms with Gasteiger partial charge >= 0.3 is 0 Å². The molecule has 3 nitrogen and oxygen atoms in total. The summed E-state index contributed by atoms with van der Waals surface area (Å²) in [5, 5.41) is 2.30. The zero-order valence-electron chi connectivity index (χ0n) is 14.3. The minimum Gasteiger partial charge on any atom is -0.399 e. The molecule has 0 bridgehead atoms. The molecule has 26 heavy (non-hydrogen) atoms. The average molecular weight is 337 g/mol. The first-order chi connectivity index (χ1) is 12.7. The van der Waals surface area contributed by atoms with E-state index in [1.165, 1.54) is 27.6 Å². The minimum absolute atomic E-state index is 0.515. The largest absolute Gasteiger partial charge is 0.399 e. The molecule has 0 amide bonds. The van der Waals surface area contributed by atoms with Crippen LogP contribution in [0.5, 0.6) is 0 Å². The molecule has 1 aliphatic carbocycles. The van der Waals surface area contributed by atoms with Gasteiger partial charge in [-0.1, -0.05) is 42.5 Å². The van der Waals surface area contributed by atoms with Crippen molar-refractivity contribution in [3.05, 3.63) is 72.3 Å². The van der Waals surface area contributed by atoms with E-state index in [1.807, 2.05) is 18.2 Å². The topological polar surface area (TPSA) is 78.1 Å². The van der Waals surface area contributed by atoms with E-state index in [4.69, 9.17) is 17.2 Å². The lowest BCUT2D eigenvalue weighted by Crippen LogP contribution is -1.97. The Morgan fingerprint density at radius 2 is 1.54 bits per heavy atom. The van der Waals surface area contributed by atoms with Gasteiger partial charge in [0, 0.05) is 28.7 Å². The summed E-state index contributed by atoms with van der Waals surface area (Å²) in [6, 6.07) is 22.9. The summed E-state index contributed by atoms with van der Waals surface area (Å²) in [6.45, 7) is 0.515. The lowest BCUT2D eigenvalue weighted by atomic mass is 9.91. The number of fused-ring (bicyclic) bond motifs is 3. The second-order valence-electron chi connectivity index (χ2n) is 6.83. The van der Waals surface area contributed by atoms with Crippen LogP contribution >= 0.6 is 0 Å². The third-order valence-corrected chi connectivity index (χ3v) is 5.27. The van der Waals surface area contributed by atoms with Crippen LogP contribution in [0.15, 0.2) is 66.7 Å². The highest BCUT2D eigenvalue weighted by Crippen LogP contribution is 2.52. The fourth-order valence-electron chi connectivity index (χ4n) is 4.10. The maximum Gasteiger partial charge on any atom is 0.0400 e. The number of rotatable bonds is 2. The summed E-state index contributed by atoms with van der Waals surface area (Å²) in [6.07, 6.45) is 0. The van der Waals surface area contributed by atoms with Gasteiger partial charge in [0.1, 0.15) is 0 Å². The fourth-order valence-corrected chi connectivity index (χ4v) is 4.10. The monoisotopic (exact) mass is 337 g/mol. The van der Waals surface area contributed by atoms with E-state index in [0.29, 0.717) is 6.54 Å². The highest BCUT2D eigenvalue weighted by Gasteiger charge is 2.25. The molecule has 126 valence electrons. The average Bonchev–Trinajstić information content (AvgIpc) is 2.99. The van der Waals surface area contributed by atoms with Gasteiger partial charge in [0.15, 0.2) is 0 Å². The summed E-state index contributed by atoms with van der Waals surface area (Å²) in [5.41, 5.74) is 28.1. The minimum atomic E-state index is 0.515. The van der Waals surface area contributed by atoms with Crippen LogP contribution < -0.4 is 17.2 Å². The molecule has 0 aromatic heterocycles. The number of anilines is 2. The molecule has 1 aliphatic rings. The maximum atomic E-state index is 6.45. The lowest BCUT2D eigenvalue weighted by molar-refractivity contribution is 1.07. The first-order valence-electron chi connectivity index (χ1n) is 8.72. The molecule has 0 heterocycles. The second kappa shape index (κ2) is 5.35. The summed E-state index contributed by atoms with van der Waals surface area (Å²) < 4.78 is 0. The van der Waals surface area contributed by atoms with Gasteiger partial charge in [0.25, 0.3) is 0 Å². The standard InChI is InChI=1S/C23H19N3/c24-12-13-3-1-4-14(9-13)19-11-21(26)18-6-2-5-17-16-8-7-15(25)10-20(16)23(19)22(17)18/h1-11H,12,24-26H2. The van der Waals surface area contributed by atoms with Gasteiger partial charge in [0.2, 0.25) is 0 Å². The summed E-state index contributed by atoms with van der Waals surface area (Å²) in [7, 11) is 0. The maximum absolute atomic E-state index is 6.45. The van der Waals surface area contributed by atoms with Crippen LogP contribution in [0.25, 0.3) is 44.2 Å². The molecule has 0 fully saturated rings. The van der Waals surface area contributed by atoms with Gasteiger partial charge in [-0.05, 0) is 63.2 Å². The van der Waals surface area contributed by atoms with Gasteiger partial charge in [0.05, 0.1) is 0 Å². The van der Waals surface area contributed by atoms with Crippen LogP contribution in [-0.4, -0.2) is 0 Å². The third-order valence-electron chi connectivity index (χ3n) is 5.27. The second-order valence-corrected chi connectivity index (χ2v) is 6.83. The predicted octanol–water partition coefficient (Wildman–Crippen LogP) is 4.78. The molecule has 0 unspecified atom stereocenters. The van der Waals surface area contributed by atoms with Gasteiger partial charge in [-0.2, -0.15) is 0 Å². The Balaban J connectivity index is 1.94. The van der Waals surface area contributed by atoms with Crippen LogP contribution in [0.1, 0.15) is 5.56 Å². The normalized spacial score (nSPS) is 11.7. The first-order valence-corrected chi connectivity index (χ1v) is 8.72. The fraction of sp³-hybridized carbons (Fsp3) is 0.0435. The molecule has 5 rings (SSSR count). The van der Waals surface area contributed by atoms with Crippen LogP contribution in [-0.2, 0) is 6.54 Å². The van der Waals surface area contributed by atoms with E-state index in [-0.39, 0.29) is 0 Å². The predicted molar refractivity (Wildman–Crippen MR) is 111 cm³/mol. The van der Waals surface area contributed by atoms with Crippen molar-refractivity contribution in [3.63, 3.8) is 0 Å². The van der Waals surface area contributed by atoms with Crippen molar-refractivity contribution in [2.24, 2.45) is 5.73 Å². The summed E-state index contributed by atoms with van der Waals surface area (Å²) >= 11 is 0. The van der Waals surface area contributed by atoms with Crippen molar-refractivity contribution < 1.29 is 0 Å². The Morgan fingerprint density at radius 1 is 0.692 bits per heavy atom. The van der Waals surface area contributed by atoms with Crippen molar-refractivity contribution in [1.29, 1.82) is 0 Å². The van der Waals surface area contributed by atoms with Crippen molar-refractivity contribution in [2.45, 2.75) is 6.54 Å². The van der Waals surface area contributed by atoms with Crippen LogP contribution in [0.2, 0.25) is 0 Å². The Bertz CT molecular complexity index is 1190. The highest BCUT2D eigenvalue weighted by molar-refractivity contribution is 6.22. The molecule has 4 aromatic carbocycles. The van der Waals surface area contributed by atoms with Crippen LogP contribution in [0.4, 0.5) is 11.4 Å². The van der Waals surface area contributed by atoms with Gasteiger partial charge in [-0.25, -0.2) is 0 Å². The van der Waals surface area contributed by atoms with Crippen LogP contribution in [0, 0.1) is 0 Å². The quantitative estimate of drug-likeness (QED) is 0.406. The van der Waals surface area contributed by atoms with E-state index in [1.54, 1.807) is 0 Å². The first kappa shape index (κ1) is 15.0. The van der Waals surface area contributed by atoms with E-state index < -0.39 is 0 Å². The summed E-state index contributed by atoms with van der Waals surface area (Å²) in [5.74, 6) is 0. The number of hydrogen-bond acceptors (Lipinski definition) is 3. The Morgan fingerprint density at radius 3 is 2.38 bits per heavy atom.